The number of benzene rings is 3. The van der Waals surface area contributed by atoms with Crippen LogP contribution in [0, 0.1) is 6.92 Å². The minimum absolute atomic E-state index is 0.0768. The molecule has 0 fully saturated rings. The van der Waals surface area contributed by atoms with Gasteiger partial charge in [-0.25, -0.2) is 0 Å². The van der Waals surface area contributed by atoms with E-state index < -0.39 is 0 Å². The Labute approximate surface area is 166 Å². The monoisotopic (exact) mass is 419 g/mol. The Bertz CT molecular complexity index is 1040. The lowest BCUT2D eigenvalue weighted by molar-refractivity contribution is -0.110. The molecule has 134 valence electrons. The standard InChI is InChI=1S/C23H18BrNO2/c1-15-6-8-16(9-7-15)14-27-22-11-10-17(13-20(22)24)12-19-18-4-2-3-5-21(18)25-23(19)26/h2-13H,14H2,1H3,(H,25,26)/b19-12-. The van der Waals surface area contributed by atoms with Gasteiger partial charge in [0, 0.05) is 16.8 Å². The van der Waals surface area contributed by atoms with E-state index in [4.69, 9.17) is 4.74 Å². The van der Waals surface area contributed by atoms with Crippen LogP contribution in [0.4, 0.5) is 5.69 Å². The molecule has 0 saturated heterocycles. The molecule has 0 aromatic heterocycles. The predicted molar refractivity (Wildman–Crippen MR) is 113 cm³/mol. The van der Waals surface area contributed by atoms with Crippen LogP contribution in [0.5, 0.6) is 5.75 Å². The maximum absolute atomic E-state index is 12.3. The van der Waals surface area contributed by atoms with Gasteiger partial charge in [0.2, 0.25) is 0 Å². The van der Waals surface area contributed by atoms with E-state index in [1.165, 1.54) is 5.56 Å². The predicted octanol–water partition coefficient (Wildman–Crippen LogP) is 5.83. The molecular formula is C23H18BrNO2. The first-order valence-electron chi connectivity index (χ1n) is 8.70. The maximum atomic E-state index is 12.3. The van der Waals surface area contributed by atoms with E-state index in [1.807, 2.05) is 48.5 Å². The molecule has 1 N–H and O–H groups in total. The van der Waals surface area contributed by atoms with Gasteiger partial charge in [-0.15, -0.1) is 0 Å². The molecule has 0 unspecified atom stereocenters. The molecule has 0 spiro atoms. The van der Waals surface area contributed by atoms with E-state index in [0.717, 1.165) is 32.6 Å². The number of hydrogen-bond acceptors (Lipinski definition) is 2. The second-order valence-electron chi connectivity index (χ2n) is 6.52. The lowest BCUT2D eigenvalue weighted by Crippen LogP contribution is -2.03. The van der Waals surface area contributed by atoms with Crippen molar-refractivity contribution in [1.29, 1.82) is 0 Å². The van der Waals surface area contributed by atoms with Crippen LogP contribution in [0.25, 0.3) is 11.6 Å². The van der Waals surface area contributed by atoms with E-state index >= 15 is 0 Å². The normalized spacial score (nSPS) is 14.1. The summed E-state index contributed by atoms with van der Waals surface area (Å²) in [6, 6.07) is 21.8. The van der Waals surface area contributed by atoms with Crippen LogP contribution in [0.1, 0.15) is 22.3 Å². The number of carbonyl (C=O) groups excluding carboxylic acids is 1. The first kappa shape index (κ1) is 17.6. The van der Waals surface area contributed by atoms with Crippen molar-refractivity contribution >= 4 is 39.2 Å². The number of anilines is 1. The summed E-state index contributed by atoms with van der Waals surface area (Å²) in [5, 5.41) is 2.89. The highest BCUT2D eigenvalue weighted by Crippen LogP contribution is 2.34. The highest BCUT2D eigenvalue weighted by Gasteiger charge is 2.23. The van der Waals surface area contributed by atoms with Gasteiger partial charge in [0.1, 0.15) is 12.4 Å². The molecular weight excluding hydrogens is 402 g/mol. The molecule has 3 nitrogen and oxygen atoms in total. The third-order valence-electron chi connectivity index (χ3n) is 4.49. The zero-order valence-corrected chi connectivity index (χ0v) is 16.4. The zero-order valence-electron chi connectivity index (χ0n) is 14.8. The minimum atomic E-state index is -0.0768. The number of carbonyl (C=O) groups is 1. The summed E-state index contributed by atoms with van der Waals surface area (Å²) in [7, 11) is 0. The number of fused-ring (bicyclic) bond motifs is 1. The molecule has 0 atom stereocenters. The fourth-order valence-corrected chi connectivity index (χ4v) is 3.53. The Morgan fingerprint density at radius 2 is 1.81 bits per heavy atom. The van der Waals surface area contributed by atoms with Gasteiger partial charge in [0.15, 0.2) is 0 Å². The first-order chi connectivity index (χ1) is 13.1. The third kappa shape index (κ3) is 3.81. The van der Waals surface area contributed by atoms with E-state index in [0.29, 0.717) is 12.2 Å². The van der Waals surface area contributed by atoms with Gasteiger partial charge in [-0.1, -0.05) is 54.1 Å². The minimum Gasteiger partial charge on any atom is -0.488 e. The quantitative estimate of drug-likeness (QED) is 0.540. The van der Waals surface area contributed by atoms with Gasteiger partial charge in [0.25, 0.3) is 5.91 Å². The highest BCUT2D eigenvalue weighted by atomic mass is 79.9. The number of nitrogens with one attached hydrogen (secondary N) is 1. The Morgan fingerprint density at radius 3 is 2.59 bits per heavy atom. The van der Waals surface area contributed by atoms with Crippen LogP contribution in [-0.4, -0.2) is 5.91 Å². The smallest absolute Gasteiger partial charge is 0.256 e. The van der Waals surface area contributed by atoms with Crippen molar-refractivity contribution in [1.82, 2.24) is 0 Å². The van der Waals surface area contributed by atoms with Crippen molar-refractivity contribution < 1.29 is 9.53 Å². The van der Waals surface area contributed by atoms with Crippen molar-refractivity contribution in [2.45, 2.75) is 13.5 Å². The number of aryl methyl sites for hydroxylation is 1. The number of amides is 1. The molecule has 3 aromatic rings. The maximum Gasteiger partial charge on any atom is 0.256 e. The average molecular weight is 420 g/mol. The van der Waals surface area contributed by atoms with E-state index in [-0.39, 0.29) is 5.91 Å². The SMILES string of the molecule is Cc1ccc(COc2ccc(/C=C3\C(=O)Nc4ccccc43)cc2Br)cc1. The van der Waals surface area contributed by atoms with Crippen molar-refractivity contribution in [3.05, 3.63) is 93.5 Å². The van der Waals surface area contributed by atoms with E-state index in [1.54, 1.807) is 0 Å². The molecule has 3 aromatic carbocycles. The zero-order chi connectivity index (χ0) is 18.8. The summed E-state index contributed by atoms with van der Waals surface area (Å²) in [6.45, 7) is 2.58. The molecule has 1 amide bonds. The molecule has 0 radical (unpaired) electrons. The van der Waals surface area contributed by atoms with Crippen LogP contribution < -0.4 is 10.1 Å². The summed E-state index contributed by atoms with van der Waals surface area (Å²) in [5.41, 5.74) is 5.74. The Morgan fingerprint density at radius 1 is 1.04 bits per heavy atom. The van der Waals surface area contributed by atoms with Crippen molar-refractivity contribution in [3.8, 4) is 5.75 Å². The molecule has 1 aliphatic rings. The Hall–Kier alpha value is -2.85. The number of rotatable bonds is 4. The number of hydrogen-bond donors (Lipinski definition) is 1. The van der Waals surface area contributed by atoms with Gasteiger partial charge >= 0.3 is 0 Å². The van der Waals surface area contributed by atoms with Gasteiger partial charge in [-0.3, -0.25) is 4.79 Å². The second-order valence-corrected chi connectivity index (χ2v) is 7.38. The van der Waals surface area contributed by atoms with E-state index in [9.17, 15) is 4.79 Å². The van der Waals surface area contributed by atoms with Crippen LogP contribution in [-0.2, 0) is 11.4 Å². The average Bonchev–Trinajstić information content (AvgIpc) is 2.98. The van der Waals surface area contributed by atoms with Crippen LogP contribution in [0.2, 0.25) is 0 Å². The number of para-hydroxylation sites is 1. The fraction of sp³-hybridized carbons (Fsp3) is 0.0870. The van der Waals surface area contributed by atoms with E-state index in [2.05, 4.69) is 52.4 Å². The largest absolute Gasteiger partial charge is 0.488 e. The molecule has 27 heavy (non-hydrogen) atoms. The third-order valence-corrected chi connectivity index (χ3v) is 5.11. The lowest BCUT2D eigenvalue weighted by atomic mass is 10.0. The topological polar surface area (TPSA) is 38.3 Å². The Kier molecular flexibility index (Phi) is 4.82. The number of ether oxygens (including phenoxy) is 1. The van der Waals surface area contributed by atoms with Crippen molar-refractivity contribution in [3.63, 3.8) is 0 Å². The molecule has 0 aliphatic carbocycles. The van der Waals surface area contributed by atoms with Gasteiger partial charge in [-0.05, 0) is 58.3 Å². The van der Waals surface area contributed by atoms with Gasteiger partial charge in [0.05, 0.1) is 4.47 Å². The second kappa shape index (κ2) is 7.41. The summed E-state index contributed by atoms with van der Waals surface area (Å²) in [5.74, 6) is 0.695. The lowest BCUT2D eigenvalue weighted by Gasteiger charge is -2.09. The summed E-state index contributed by atoms with van der Waals surface area (Å²) in [6.07, 6.45) is 1.90. The van der Waals surface area contributed by atoms with Gasteiger partial charge in [-0.2, -0.15) is 0 Å². The van der Waals surface area contributed by atoms with Crippen molar-refractivity contribution in [2.24, 2.45) is 0 Å². The summed E-state index contributed by atoms with van der Waals surface area (Å²) < 4.78 is 6.78. The molecule has 0 saturated carbocycles. The molecule has 0 bridgehead atoms. The summed E-state index contributed by atoms with van der Waals surface area (Å²) >= 11 is 3.57. The first-order valence-corrected chi connectivity index (χ1v) is 9.50. The summed E-state index contributed by atoms with van der Waals surface area (Å²) in [4.78, 5) is 12.3. The Balaban J connectivity index is 1.53. The molecule has 4 rings (SSSR count). The fourth-order valence-electron chi connectivity index (χ4n) is 3.02. The van der Waals surface area contributed by atoms with Crippen LogP contribution in [0.15, 0.2) is 71.2 Å². The number of halogens is 1. The van der Waals surface area contributed by atoms with Gasteiger partial charge < -0.3 is 10.1 Å². The molecule has 4 heteroatoms. The van der Waals surface area contributed by atoms with Crippen LogP contribution in [0.3, 0.4) is 0 Å². The molecule has 1 aliphatic heterocycles. The highest BCUT2D eigenvalue weighted by molar-refractivity contribution is 9.10. The molecule has 1 heterocycles. The van der Waals surface area contributed by atoms with Crippen molar-refractivity contribution in [2.75, 3.05) is 5.32 Å². The van der Waals surface area contributed by atoms with Crippen LogP contribution >= 0.6 is 15.9 Å².